The molecule has 2 aliphatic rings. The fourth-order valence-electron chi connectivity index (χ4n) is 4.84. The van der Waals surface area contributed by atoms with Crippen LogP contribution in [0.2, 0.25) is 0 Å². The van der Waals surface area contributed by atoms with Crippen molar-refractivity contribution in [1.82, 2.24) is 4.90 Å². The van der Waals surface area contributed by atoms with Gasteiger partial charge in [0.1, 0.15) is 6.04 Å². The zero-order valence-electron chi connectivity index (χ0n) is 19.3. The highest BCUT2D eigenvalue weighted by Crippen LogP contribution is 2.27. The Balaban J connectivity index is 1.44. The normalized spacial score (nSPS) is 18.8. The highest BCUT2D eigenvalue weighted by molar-refractivity contribution is 5.97. The van der Waals surface area contributed by atoms with Crippen molar-refractivity contribution in [3.05, 3.63) is 59.7 Å². The van der Waals surface area contributed by atoms with E-state index in [1.165, 1.54) is 32.1 Å². The lowest BCUT2D eigenvalue weighted by Gasteiger charge is -2.36. The predicted octanol–water partition coefficient (Wildman–Crippen LogP) is 5.37. The van der Waals surface area contributed by atoms with Crippen molar-refractivity contribution in [1.29, 1.82) is 0 Å². The van der Waals surface area contributed by atoms with Gasteiger partial charge in [-0.3, -0.25) is 9.59 Å². The molecule has 2 N–H and O–H groups in total. The van der Waals surface area contributed by atoms with Crippen molar-refractivity contribution in [2.24, 2.45) is 5.92 Å². The number of rotatable bonds is 6. The Bertz CT molecular complexity index is 932. The molecule has 1 unspecified atom stereocenters. The summed E-state index contributed by atoms with van der Waals surface area (Å²) in [5.41, 5.74) is 4.13. The van der Waals surface area contributed by atoms with Crippen LogP contribution in [-0.4, -0.2) is 28.8 Å². The third kappa shape index (κ3) is 5.50. The first kappa shape index (κ1) is 22.4. The second kappa shape index (κ2) is 10.2. The van der Waals surface area contributed by atoms with E-state index in [0.717, 1.165) is 22.5 Å². The van der Waals surface area contributed by atoms with Gasteiger partial charge in [0.05, 0.1) is 0 Å². The second-order valence-electron chi connectivity index (χ2n) is 9.65. The third-order valence-electron chi connectivity index (χ3n) is 6.58. The Kier molecular flexibility index (Phi) is 7.13. The first-order valence-corrected chi connectivity index (χ1v) is 12.0. The number of benzene rings is 2. The topological polar surface area (TPSA) is 61.4 Å². The predicted molar refractivity (Wildman–Crippen MR) is 130 cm³/mol. The average molecular weight is 434 g/mol. The van der Waals surface area contributed by atoms with E-state index < -0.39 is 6.04 Å². The molecule has 5 nitrogen and oxygen atoms in total. The zero-order chi connectivity index (χ0) is 22.5. The second-order valence-corrected chi connectivity index (χ2v) is 9.65. The number of carbonyl (C=O) groups excluding carboxylic acids is 2. The Labute approximate surface area is 191 Å². The molecule has 1 saturated carbocycles. The fourth-order valence-corrected chi connectivity index (χ4v) is 4.84. The summed E-state index contributed by atoms with van der Waals surface area (Å²) >= 11 is 0. The van der Waals surface area contributed by atoms with E-state index in [9.17, 15) is 9.59 Å². The third-order valence-corrected chi connectivity index (χ3v) is 6.58. The summed E-state index contributed by atoms with van der Waals surface area (Å²) in [5.74, 6) is 0.180. The molecule has 0 spiro atoms. The van der Waals surface area contributed by atoms with Gasteiger partial charge in [-0.25, -0.2) is 0 Å². The molecule has 32 heavy (non-hydrogen) atoms. The molecule has 0 bridgehead atoms. The summed E-state index contributed by atoms with van der Waals surface area (Å²) in [6.45, 7) is 4.56. The van der Waals surface area contributed by atoms with E-state index in [2.05, 4.69) is 22.8 Å². The van der Waals surface area contributed by atoms with Crippen LogP contribution in [-0.2, 0) is 22.6 Å². The molecule has 1 heterocycles. The summed E-state index contributed by atoms with van der Waals surface area (Å²) in [5, 5.41) is 6.66. The monoisotopic (exact) mass is 433 g/mol. The van der Waals surface area contributed by atoms with Gasteiger partial charge < -0.3 is 15.5 Å². The highest BCUT2D eigenvalue weighted by Gasteiger charge is 2.34. The van der Waals surface area contributed by atoms with Crippen molar-refractivity contribution in [2.45, 2.75) is 77.4 Å². The minimum atomic E-state index is -0.490. The maximum absolute atomic E-state index is 13.3. The van der Waals surface area contributed by atoms with Crippen LogP contribution >= 0.6 is 0 Å². The van der Waals surface area contributed by atoms with Gasteiger partial charge in [0, 0.05) is 36.8 Å². The summed E-state index contributed by atoms with van der Waals surface area (Å²) in [7, 11) is 0. The van der Waals surface area contributed by atoms with Crippen LogP contribution in [0, 0.1) is 5.92 Å². The van der Waals surface area contributed by atoms with E-state index >= 15 is 0 Å². The number of anilines is 2. The van der Waals surface area contributed by atoms with Crippen LogP contribution in [0.1, 0.15) is 63.5 Å². The van der Waals surface area contributed by atoms with Crippen LogP contribution in [0.15, 0.2) is 48.5 Å². The van der Waals surface area contributed by atoms with Gasteiger partial charge in [-0.15, -0.1) is 0 Å². The summed E-state index contributed by atoms with van der Waals surface area (Å²) < 4.78 is 0. The van der Waals surface area contributed by atoms with Crippen molar-refractivity contribution in [2.75, 3.05) is 10.6 Å². The largest absolute Gasteiger partial charge is 0.382 e. The van der Waals surface area contributed by atoms with Crippen LogP contribution in [0.4, 0.5) is 11.4 Å². The lowest BCUT2D eigenvalue weighted by Crippen LogP contribution is -2.50. The maximum atomic E-state index is 13.3. The number of carbonyl (C=O) groups is 2. The molecule has 0 aromatic heterocycles. The number of fused-ring (bicyclic) bond motifs is 1. The van der Waals surface area contributed by atoms with E-state index in [1.54, 1.807) is 4.90 Å². The van der Waals surface area contributed by atoms with Crippen molar-refractivity contribution < 1.29 is 9.59 Å². The van der Waals surface area contributed by atoms with E-state index in [4.69, 9.17) is 0 Å². The lowest BCUT2D eigenvalue weighted by molar-refractivity contribution is -0.140. The number of amides is 2. The Morgan fingerprint density at radius 1 is 0.938 bits per heavy atom. The van der Waals surface area contributed by atoms with E-state index in [1.807, 2.05) is 50.2 Å². The van der Waals surface area contributed by atoms with Gasteiger partial charge in [-0.05, 0) is 54.2 Å². The maximum Gasteiger partial charge on any atom is 0.247 e. The number of hydrogen-bond donors (Lipinski definition) is 2. The van der Waals surface area contributed by atoms with E-state index in [-0.39, 0.29) is 17.7 Å². The molecular weight excluding hydrogens is 398 g/mol. The minimum Gasteiger partial charge on any atom is -0.382 e. The molecule has 5 heteroatoms. The molecule has 0 saturated heterocycles. The lowest BCUT2D eigenvalue weighted by atomic mass is 9.92. The molecule has 2 aromatic carbocycles. The van der Waals surface area contributed by atoms with Crippen molar-refractivity contribution in [3.63, 3.8) is 0 Å². The van der Waals surface area contributed by atoms with Crippen LogP contribution in [0.3, 0.4) is 0 Å². The Morgan fingerprint density at radius 3 is 2.28 bits per heavy atom. The minimum absolute atomic E-state index is 0.0432. The first-order valence-electron chi connectivity index (χ1n) is 12.0. The van der Waals surface area contributed by atoms with Gasteiger partial charge in [0.15, 0.2) is 0 Å². The zero-order valence-corrected chi connectivity index (χ0v) is 19.3. The molecule has 1 aliphatic heterocycles. The molecule has 0 radical (unpaired) electrons. The molecule has 2 aromatic rings. The molecule has 4 rings (SSSR count). The van der Waals surface area contributed by atoms with Crippen LogP contribution in [0.5, 0.6) is 0 Å². The van der Waals surface area contributed by atoms with Crippen LogP contribution in [0.25, 0.3) is 0 Å². The van der Waals surface area contributed by atoms with Gasteiger partial charge >= 0.3 is 0 Å². The SMILES string of the molecule is CC(C)CC(=O)N1Cc2ccccc2CC1C(=O)Nc1ccc(NC2CCCCC2)cc1. The van der Waals surface area contributed by atoms with Crippen molar-refractivity contribution >= 4 is 23.2 Å². The smallest absolute Gasteiger partial charge is 0.247 e. The summed E-state index contributed by atoms with van der Waals surface area (Å²) in [6, 6.07) is 16.1. The van der Waals surface area contributed by atoms with E-state index in [0.29, 0.717) is 25.4 Å². The average Bonchev–Trinajstić information content (AvgIpc) is 2.79. The number of nitrogens with zero attached hydrogens (tertiary/aromatic N) is 1. The highest BCUT2D eigenvalue weighted by atomic mass is 16.2. The molecule has 1 aliphatic carbocycles. The Hall–Kier alpha value is -2.82. The Morgan fingerprint density at radius 2 is 1.59 bits per heavy atom. The molecular formula is C27H35N3O2. The fraction of sp³-hybridized carbons (Fsp3) is 0.481. The standard InChI is InChI=1S/C27H35N3O2/c1-19(2)16-26(31)30-18-21-9-7-6-8-20(21)17-25(30)27(32)29-24-14-12-23(13-15-24)28-22-10-4-3-5-11-22/h6-9,12-15,19,22,25,28H,3-5,10-11,16-18H2,1-2H3,(H,29,32). The molecule has 2 amide bonds. The first-order chi connectivity index (χ1) is 15.5. The molecule has 1 atom stereocenters. The number of nitrogens with one attached hydrogen (secondary N) is 2. The molecule has 170 valence electrons. The van der Waals surface area contributed by atoms with Gasteiger partial charge in [0.25, 0.3) is 0 Å². The number of hydrogen-bond acceptors (Lipinski definition) is 3. The summed E-state index contributed by atoms with van der Waals surface area (Å²) in [6.07, 6.45) is 7.38. The van der Waals surface area contributed by atoms with Gasteiger partial charge in [-0.2, -0.15) is 0 Å². The van der Waals surface area contributed by atoms with Crippen LogP contribution < -0.4 is 10.6 Å². The summed E-state index contributed by atoms with van der Waals surface area (Å²) in [4.78, 5) is 28.0. The van der Waals surface area contributed by atoms with Gasteiger partial charge in [-0.1, -0.05) is 57.4 Å². The van der Waals surface area contributed by atoms with Crippen molar-refractivity contribution in [3.8, 4) is 0 Å². The van der Waals surface area contributed by atoms with Gasteiger partial charge in [0.2, 0.25) is 11.8 Å². The molecule has 1 fully saturated rings. The quantitative estimate of drug-likeness (QED) is 0.644.